The van der Waals surface area contributed by atoms with Crippen molar-refractivity contribution in [3.05, 3.63) is 46.4 Å². The molecule has 0 aliphatic carbocycles. The summed E-state index contributed by atoms with van der Waals surface area (Å²) in [5.74, 6) is 0.133. The van der Waals surface area contributed by atoms with Crippen molar-refractivity contribution in [1.29, 1.82) is 0 Å². The second-order valence-electron chi connectivity index (χ2n) is 4.28. The summed E-state index contributed by atoms with van der Waals surface area (Å²) in [7, 11) is 0. The SMILES string of the molecule is CC.CC.CSC1=[N+](Cc2ccccc2)C(=O)C(=C(C)C)S1. The lowest BCUT2D eigenvalue weighted by Gasteiger charge is -1.98. The smallest absolute Gasteiger partial charge is 0.214 e. The molecule has 0 saturated carbocycles. The fourth-order valence-corrected chi connectivity index (χ4v) is 3.55. The van der Waals surface area contributed by atoms with Crippen molar-refractivity contribution >= 4 is 33.8 Å². The van der Waals surface area contributed by atoms with Crippen LogP contribution in [0.25, 0.3) is 0 Å². The summed E-state index contributed by atoms with van der Waals surface area (Å²) in [6.45, 7) is 12.6. The quantitative estimate of drug-likeness (QED) is 0.522. The minimum absolute atomic E-state index is 0.133. The standard InChI is InChI=1S/C14H16NOS2.2C2H6/c1-10(2)12-13(16)15(14(17-3)18-12)9-11-7-5-4-6-8-11;2*1-2/h4-8H,9H2,1-3H3;2*1-2H3/q+1;;. The molecule has 0 N–H and O–H groups in total. The van der Waals surface area contributed by atoms with Crippen LogP contribution >= 0.6 is 23.5 Å². The zero-order valence-corrected chi connectivity index (χ0v) is 16.4. The number of carbonyl (C=O) groups excluding carboxylic acids is 1. The summed E-state index contributed by atoms with van der Waals surface area (Å²) in [6, 6.07) is 10.1. The molecular weight excluding hydrogens is 310 g/mol. The molecule has 1 heterocycles. The lowest BCUT2D eigenvalue weighted by atomic mass is 10.2. The van der Waals surface area contributed by atoms with Crippen LogP contribution in [0.3, 0.4) is 0 Å². The summed E-state index contributed by atoms with van der Waals surface area (Å²) in [5.41, 5.74) is 2.25. The normalized spacial score (nSPS) is 13.2. The van der Waals surface area contributed by atoms with Gasteiger partial charge in [0.05, 0.1) is 0 Å². The Morgan fingerprint density at radius 3 is 2.09 bits per heavy atom. The molecule has 4 heteroatoms. The Labute approximate surface area is 144 Å². The average molecular weight is 339 g/mol. The van der Waals surface area contributed by atoms with E-state index in [4.69, 9.17) is 0 Å². The van der Waals surface area contributed by atoms with Crippen molar-refractivity contribution in [2.24, 2.45) is 0 Å². The van der Waals surface area contributed by atoms with Gasteiger partial charge in [0.1, 0.15) is 4.91 Å². The van der Waals surface area contributed by atoms with E-state index in [0.717, 1.165) is 20.4 Å². The van der Waals surface area contributed by atoms with Crippen molar-refractivity contribution in [1.82, 2.24) is 0 Å². The highest BCUT2D eigenvalue weighted by atomic mass is 32.2. The highest BCUT2D eigenvalue weighted by Crippen LogP contribution is 2.33. The molecular formula is C18H28NOS2+. The molecule has 22 heavy (non-hydrogen) atoms. The predicted octanol–water partition coefficient (Wildman–Crippen LogP) is 5.54. The number of nitrogens with zero attached hydrogens (tertiary/aromatic N) is 1. The van der Waals surface area contributed by atoms with Crippen LogP contribution in [0.4, 0.5) is 0 Å². The van der Waals surface area contributed by atoms with Crippen LogP contribution in [-0.4, -0.2) is 21.1 Å². The van der Waals surface area contributed by atoms with Gasteiger partial charge in [0.15, 0.2) is 6.54 Å². The number of hydrogen-bond acceptors (Lipinski definition) is 3. The second-order valence-corrected chi connectivity index (χ2v) is 6.33. The Hall–Kier alpha value is -1.00. The van der Waals surface area contributed by atoms with Crippen LogP contribution in [0.2, 0.25) is 0 Å². The highest BCUT2D eigenvalue weighted by Gasteiger charge is 2.38. The van der Waals surface area contributed by atoms with Crippen molar-refractivity contribution in [2.45, 2.75) is 48.1 Å². The Bertz CT molecular complexity index is 529. The van der Waals surface area contributed by atoms with E-state index in [1.54, 1.807) is 23.5 Å². The Morgan fingerprint density at radius 1 is 1.09 bits per heavy atom. The van der Waals surface area contributed by atoms with Crippen LogP contribution in [0, 0.1) is 0 Å². The summed E-state index contributed by atoms with van der Waals surface area (Å²) < 4.78 is 2.94. The molecule has 2 nitrogen and oxygen atoms in total. The van der Waals surface area contributed by atoms with Gasteiger partial charge in [-0.05, 0) is 31.9 Å². The molecule has 0 bridgehead atoms. The highest BCUT2D eigenvalue weighted by molar-refractivity contribution is 8.40. The molecule has 1 aromatic rings. The third-order valence-electron chi connectivity index (χ3n) is 2.66. The van der Waals surface area contributed by atoms with Gasteiger partial charge in [0, 0.05) is 5.56 Å². The molecule has 1 amide bonds. The molecule has 1 aliphatic heterocycles. The zero-order valence-electron chi connectivity index (χ0n) is 14.8. The monoisotopic (exact) mass is 338 g/mol. The number of benzene rings is 1. The Balaban J connectivity index is 0.00000102. The largest absolute Gasteiger partial charge is 0.427 e. The molecule has 2 rings (SSSR count). The summed E-state index contributed by atoms with van der Waals surface area (Å²) in [6.07, 6.45) is 2.02. The van der Waals surface area contributed by atoms with Gasteiger partial charge < -0.3 is 0 Å². The number of amides is 1. The van der Waals surface area contributed by atoms with Crippen molar-refractivity contribution < 1.29 is 9.37 Å². The predicted molar refractivity (Wildman–Crippen MR) is 103 cm³/mol. The van der Waals surface area contributed by atoms with E-state index in [9.17, 15) is 4.79 Å². The van der Waals surface area contributed by atoms with Crippen LogP contribution in [0.5, 0.6) is 0 Å². The van der Waals surface area contributed by atoms with E-state index < -0.39 is 0 Å². The topological polar surface area (TPSA) is 20.1 Å². The lowest BCUT2D eigenvalue weighted by Crippen LogP contribution is -2.19. The molecule has 0 radical (unpaired) electrons. The number of carbonyl (C=O) groups is 1. The Kier molecular flexibility index (Phi) is 11.0. The van der Waals surface area contributed by atoms with E-state index in [1.165, 1.54) is 0 Å². The molecule has 122 valence electrons. The van der Waals surface area contributed by atoms with E-state index in [0.29, 0.717) is 6.54 Å². The number of allylic oxidation sites excluding steroid dienone is 1. The third-order valence-corrected chi connectivity index (χ3v) is 5.16. The first-order valence-corrected chi connectivity index (χ1v) is 9.79. The van der Waals surface area contributed by atoms with Crippen LogP contribution in [-0.2, 0) is 11.3 Å². The van der Waals surface area contributed by atoms with Crippen molar-refractivity contribution in [3.8, 4) is 0 Å². The molecule has 0 saturated heterocycles. The number of thioether (sulfide) groups is 2. The van der Waals surface area contributed by atoms with Gasteiger partial charge in [0.2, 0.25) is 0 Å². The van der Waals surface area contributed by atoms with Gasteiger partial charge in [-0.25, -0.2) is 4.79 Å². The molecule has 0 fully saturated rings. The van der Waals surface area contributed by atoms with Gasteiger partial charge in [-0.3, -0.25) is 0 Å². The molecule has 0 unspecified atom stereocenters. The summed E-state index contributed by atoms with van der Waals surface area (Å²) in [4.78, 5) is 13.2. The number of hydrogen-bond donors (Lipinski definition) is 0. The van der Waals surface area contributed by atoms with Gasteiger partial charge in [-0.15, -0.1) is 4.58 Å². The van der Waals surface area contributed by atoms with E-state index in [2.05, 4.69) is 12.1 Å². The van der Waals surface area contributed by atoms with Gasteiger partial charge in [-0.1, -0.05) is 75.4 Å². The third kappa shape index (κ3) is 5.65. The minimum Gasteiger partial charge on any atom is -0.214 e. The summed E-state index contributed by atoms with van der Waals surface area (Å²) >= 11 is 3.23. The van der Waals surface area contributed by atoms with Crippen LogP contribution < -0.4 is 0 Å². The lowest BCUT2D eigenvalue weighted by molar-refractivity contribution is -0.453. The van der Waals surface area contributed by atoms with Gasteiger partial charge in [-0.2, -0.15) is 0 Å². The second kappa shape index (κ2) is 11.6. The average Bonchev–Trinajstić information content (AvgIpc) is 2.89. The molecule has 1 aliphatic rings. The zero-order chi connectivity index (χ0) is 17.1. The van der Waals surface area contributed by atoms with Gasteiger partial charge >= 0.3 is 5.91 Å². The maximum Gasteiger partial charge on any atom is 0.427 e. The van der Waals surface area contributed by atoms with Crippen molar-refractivity contribution in [2.75, 3.05) is 6.26 Å². The molecule has 1 aromatic carbocycles. The maximum atomic E-state index is 12.3. The number of rotatable bonds is 2. The van der Waals surface area contributed by atoms with Crippen LogP contribution in [0.15, 0.2) is 40.8 Å². The summed E-state index contributed by atoms with van der Waals surface area (Å²) in [5, 5.41) is 0. The van der Waals surface area contributed by atoms with Gasteiger partial charge in [0.25, 0.3) is 4.38 Å². The fraction of sp³-hybridized carbons (Fsp3) is 0.444. The fourth-order valence-electron chi connectivity index (χ4n) is 1.76. The first-order chi connectivity index (χ1) is 10.6. The molecule has 0 spiro atoms. The van der Waals surface area contributed by atoms with E-state index in [-0.39, 0.29) is 5.91 Å². The first-order valence-electron chi connectivity index (χ1n) is 7.75. The van der Waals surface area contributed by atoms with E-state index >= 15 is 0 Å². The van der Waals surface area contributed by atoms with Crippen molar-refractivity contribution in [3.63, 3.8) is 0 Å². The van der Waals surface area contributed by atoms with Crippen LogP contribution in [0.1, 0.15) is 47.1 Å². The first kappa shape index (κ1) is 21.0. The maximum absolute atomic E-state index is 12.3. The molecule has 0 aromatic heterocycles. The minimum atomic E-state index is 0.133. The molecule has 0 atom stereocenters. The Morgan fingerprint density at radius 2 is 1.64 bits per heavy atom. The van der Waals surface area contributed by atoms with E-state index in [1.807, 2.05) is 70.6 Å².